The first kappa shape index (κ1) is 21.2. The van der Waals surface area contributed by atoms with Crippen LogP contribution in [0, 0.1) is 5.92 Å². The Kier molecular flexibility index (Phi) is 6.72. The summed E-state index contributed by atoms with van der Waals surface area (Å²) in [6, 6.07) is 13.4. The second kappa shape index (κ2) is 8.87. The van der Waals surface area contributed by atoms with Crippen LogP contribution in [-0.4, -0.2) is 43.4 Å². The molecule has 1 aliphatic rings. The van der Waals surface area contributed by atoms with Crippen molar-refractivity contribution >= 4 is 29.3 Å². The summed E-state index contributed by atoms with van der Waals surface area (Å²) in [6.07, 6.45) is 4.40. The van der Waals surface area contributed by atoms with Crippen LogP contribution in [0.2, 0.25) is 10.0 Å². The maximum Gasteiger partial charge on any atom is 0.118 e. The van der Waals surface area contributed by atoms with E-state index in [9.17, 15) is 5.11 Å². The Labute approximate surface area is 177 Å². The van der Waals surface area contributed by atoms with E-state index in [1.165, 1.54) is 0 Å². The average molecular weight is 420 g/mol. The topological polar surface area (TPSA) is 32.7 Å². The smallest absolute Gasteiger partial charge is 0.118 e. The zero-order valence-electron chi connectivity index (χ0n) is 16.6. The van der Waals surface area contributed by atoms with E-state index < -0.39 is 5.60 Å². The molecule has 1 aliphatic carbocycles. The molecule has 2 aromatic rings. The molecule has 1 fully saturated rings. The van der Waals surface area contributed by atoms with Crippen LogP contribution in [-0.2, 0) is 6.42 Å². The predicted molar refractivity (Wildman–Crippen MR) is 117 cm³/mol. The Balaban J connectivity index is 1.96. The first-order valence-corrected chi connectivity index (χ1v) is 10.2. The third kappa shape index (κ3) is 4.72. The van der Waals surface area contributed by atoms with Gasteiger partial charge in [-0.3, -0.25) is 0 Å². The molecule has 0 heterocycles. The van der Waals surface area contributed by atoms with Crippen molar-refractivity contribution in [3.05, 3.63) is 69.2 Å². The Hall–Kier alpha value is -1.52. The maximum absolute atomic E-state index is 11.9. The fourth-order valence-electron chi connectivity index (χ4n) is 4.04. The van der Waals surface area contributed by atoms with E-state index in [0.717, 1.165) is 41.8 Å². The minimum absolute atomic E-state index is 0.138. The minimum atomic E-state index is -0.943. The lowest BCUT2D eigenvalue weighted by Crippen LogP contribution is -2.42. The van der Waals surface area contributed by atoms with Crippen LogP contribution in [0.3, 0.4) is 0 Å². The second-order valence-electron chi connectivity index (χ2n) is 7.78. The molecule has 0 bridgehead atoms. The number of hydrogen-bond donors (Lipinski definition) is 1. The molecule has 0 spiro atoms. The summed E-state index contributed by atoms with van der Waals surface area (Å²) in [6.45, 7) is 0.821. The summed E-state index contributed by atoms with van der Waals surface area (Å²) in [4.78, 5) is 2.13. The Morgan fingerprint density at radius 1 is 1.18 bits per heavy atom. The van der Waals surface area contributed by atoms with Gasteiger partial charge < -0.3 is 14.7 Å². The summed E-state index contributed by atoms with van der Waals surface area (Å²) in [7, 11) is 5.74. The zero-order valence-corrected chi connectivity index (χ0v) is 18.1. The molecule has 2 unspecified atom stereocenters. The molecule has 1 N–H and O–H groups in total. The van der Waals surface area contributed by atoms with Gasteiger partial charge in [-0.15, -0.1) is 0 Å². The summed E-state index contributed by atoms with van der Waals surface area (Å²) in [5.41, 5.74) is 2.08. The van der Waals surface area contributed by atoms with E-state index in [1.54, 1.807) is 13.2 Å². The maximum atomic E-state index is 11.9. The summed E-state index contributed by atoms with van der Waals surface area (Å²) >= 11 is 12.5. The second-order valence-corrected chi connectivity index (χ2v) is 8.62. The number of hydrogen-bond acceptors (Lipinski definition) is 3. The molecular weight excluding hydrogens is 393 g/mol. The van der Waals surface area contributed by atoms with Crippen molar-refractivity contribution in [2.45, 2.75) is 24.9 Å². The van der Waals surface area contributed by atoms with Crippen LogP contribution >= 0.6 is 23.2 Å². The minimum Gasteiger partial charge on any atom is -0.497 e. The fourth-order valence-corrected chi connectivity index (χ4v) is 4.52. The molecule has 0 aromatic heterocycles. The van der Waals surface area contributed by atoms with E-state index in [-0.39, 0.29) is 5.92 Å². The van der Waals surface area contributed by atoms with Crippen LogP contribution < -0.4 is 4.74 Å². The molecule has 5 heteroatoms. The predicted octanol–water partition coefficient (Wildman–Crippen LogP) is 5.33. The van der Waals surface area contributed by atoms with Crippen LogP contribution in [0.25, 0.3) is 6.08 Å². The van der Waals surface area contributed by atoms with E-state index in [4.69, 9.17) is 27.9 Å². The van der Waals surface area contributed by atoms with Gasteiger partial charge in [-0.2, -0.15) is 0 Å². The number of nitrogens with zero attached hydrogens (tertiary/aromatic N) is 1. The van der Waals surface area contributed by atoms with Crippen LogP contribution in [0.1, 0.15) is 24.0 Å². The van der Waals surface area contributed by atoms with Gasteiger partial charge in [0.05, 0.1) is 12.7 Å². The Morgan fingerprint density at radius 3 is 2.50 bits per heavy atom. The lowest BCUT2D eigenvalue weighted by atomic mass is 9.81. The SMILES string of the molecule is COc1ccc(/C=C2\CCC(CN(C)C)C2(O)Cc2ccc(Cl)cc2Cl)cc1. The van der Waals surface area contributed by atoms with Crippen molar-refractivity contribution in [2.75, 3.05) is 27.7 Å². The first-order valence-electron chi connectivity index (χ1n) is 9.48. The van der Waals surface area contributed by atoms with Crippen molar-refractivity contribution in [1.29, 1.82) is 0 Å². The van der Waals surface area contributed by atoms with Crippen molar-refractivity contribution < 1.29 is 9.84 Å². The summed E-state index contributed by atoms with van der Waals surface area (Å²) < 4.78 is 5.24. The fraction of sp³-hybridized carbons (Fsp3) is 0.391. The highest BCUT2D eigenvalue weighted by Crippen LogP contribution is 2.44. The molecule has 3 nitrogen and oxygen atoms in total. The summed E-state index contributed by atoms with van der Waals surface area (Å²) in [5, 5.41) is 13.1. The lowest BCUT2D eigenvalue weighted by Gasteiger charge is -2.34. The quantitative estimate of drug-likeness (QED) is 0.686. The number of halogens is 2. The van der Waals surface area contributed by atoms with E-state index in [2.05, 4.69) is 11.0 Å². The Morgan fingerprint density at radius 2 is 1.89 bits per heavy atom. The van der Waals surface area contributed by atoms with Gasteiger partial charge in [0.15, 0.2) is 0 Å². The molecule has 2 aromatic carbocycles. The summed E-state index contributed by atoms with van der Waals surface area (Å²) in [5.74, 6) is 0.959. The largest absolute Gasteiger partial charge is 0.497 e. The molecule has 0 amide bonds. The van der Waals surface area contributed by atoms with E-state index in [0.29, 0.717) is 16.5 Å². The monoisotopic (exact) mass is 419 g/mol. The number of methoxy groups -OCH3 is 1. The van der Waals surface area contributed by atoms with Gasteiger partial charge in [-0.05, 0) is 67.9 Å². The van der Waals surface area contributed by atoms with E-state index >= 15 is 0 Å². The molecule has 0 radical (unpaired) electrons. The van der Waals surface area contributed by atoms with Gasteiger partial charge in [0, 0.05) is 28.9 Å². The number of ether oxygens (including phenoxy) is 1. The van der Waals surface area contributed by atoms with Crippen LogP contribution in [0.4, 0.5) is 0 Å². The highest BCUT2D eigenvalue weighted by Gasteiger charge is 2.45. The van der Waals surface area contributed by atoms with Gasteiger partial charge in [0.2, 0.25) is 0 Å². The highest BCUT2D eigenvalue weighted by molar-refractivity contribution is 6.35. The number of benzene rings is 2. The Bertz CT molecular complexity index is 848. The molecule has 1 saturated carbocycles. The van der Waals surface area contributed by atoms with Gasteiger partial charge >= 0.3 is 0 Å². The molecular formula is C23H27Cl2NO2. The third-order valence-corrected chi connectivity index (χ3v) is 6.10. The van der Waals surface area contributed by atoms with Gasteiger partial charge in [0.25, 0.3) is 0 Å². The normalized spacial score (nSPS) is 23.5. The van der Waals surface area contributed by atoms with E-state index in [1.807, 2.05) is 50.5 Å². The van der Waals surface area contributed by atoms with Crippen LogP contribution in [0.5, 0.6) is 5.75 Å². The number of aliphatic hydroxyl groups is 1. The van der Waals surface area contributed by atoms with Gasteiger partial charge in [-0.25, -0.2) is 0 Å². The van der Waals surface area contributed by atoms with Crippen molar-refractivity contribution in [3.8, 4) is 5.75 Å². The average Bonchev–Trinajstić information content (AvgIpc) is 2.93. The molecule has 0 saturated heterocycles. The highest BCUT2D eigenvalue weighted by atomic mass is 35.5. The molecule has 2 atom stereocenters. The van der Waals surface area contributed by atoms with Gasteiger partial charge in [0.1, 0.15) is 5.75 Å². The van der Waals surface area contributed by atoms with Crippen molar-refractivity contribution in [2.24, 2.45) is 5.92 Å². The van der Waals surface area contributed by atoms with Crippen molar-refractivity contribution in [3.63, 3.8) is 0 Å². The molecule has 0 aliphatic heterocycles. The third-order valence-electron chi connectivity index (χ3n) is 5.51. The van der Waals surface area contributed by atoms with Crippen LogP contribution in [0.15, 0.2) is 48.0 Å². The first-order chi connectivity index (χ1) is 13.3. The van der Waals surface area contributed by atoms with Crippen molar-refractivity contribution in [1.82, 2.24) is 4.90 Å². The zero-order chi connectivity index (χ0) is 20.3. The number of rotatable bonds is 6. The molecule has 28 heavy (non-hydrogen) atoms. The lowest BCUT2D eigenvalue weighted by molar-refractivity contribution is 0.0257. The standard InChI is InChI=1S/C23H27Cl2NO2/c1-26(2)15-19-8-7-18(12-16-4-10-21(28-3)11-5-16)23(19,27)14-17-6-9-20(24)13-22(17)25/h4-6,9-13,19,27H,7-8,14-15H2,1-3H3/b18-12+. The molecule has 3 rings (SSSR count). The van der Waals surface area contributed by atoms with Gasteiger partial charge in [-0.1, -0.05) is 47.5 Å². The molecule has 150 valence electrons.